The molecule has 4 rings (SSSR count). The number of fused-ring (bicyclic) bond motifs is 1. The lowest BCUT2D eigenvalue weighted by Crippen LogP contribution is -2.02. The Labute approximate surface area is 125 Å². The molecule has 0 saturated carbocycles. The number of para-hydroxylation sites is 1. The summed E-state index contributed by atoms with van der Waals surface area (Å²) in [6.07, 6.45) is 0. The van der Waals surface area contributed by atoms with Crippen molar-refractivity contribution in [3.05, 3.63) is 65.7 Å². The molecule has 5 heteroatoms. The van der Waals surface area contributed by atoms with E-state index in [0.717, 1.165) is 27.3 Å². The third-order valence-electron chi connectivity index (χ3n) is 3.30. The molecule has 102 valence electrons. The van der Waals surface area contributed by atoms with Crippen LogP contribution < -0.4 is 0 Å². The van der Waals surface area contributed by atoms with Crippen molar-refractivity contribution in [3.8, 4) is 10.6 Å². The lowest BCUT2D eigenvalue weighted by atomic mass is 10.2. The van der Waals surface area contributed by atoms with Crippen LogP contribution in [0.25, 0.3) is 21.6 Å². The largest absolute Gasteiger partial charge is 0.239 e. The monoisotopic (exact) mass is 292 g/mol. The maximum Gasteiger partial charge on any atom is 0.123 e. The third-order valence-corrected chi connectivity index (χ3v) is 4.24. The maximum atomic E-state index is 4.69. The highest BCUT2D eigenvalue weighted by atomic mass is 32.1. The van der Waals surface area contributed by atoms with Crippen LogP contribution in [0.15, 0.2) is 60.0 Å². The molecular weight excluding hydrogens is 280 g/mol. The predicted octanol–water partition coefficient (Wildman–Crippen LogP) is 3.60. The number of thiazole rings is 1. The number of aromatic nitrogens is 4. The summed E-state index contributed by atoms with van der Waals surface area (Å²) in [5.74, 6) is 0. The summed E-state index contributed by atoms with van der Waals surface area (Å²) >= 11 is 1.66. The second kappa shape index (κ2) is 5.10. The molecule has 21 heavy (non-hydrogen) atoms. The number of hydrogen-bond donors (Lipinski definition) is 0. The average molecular weight is 292 g/mol. The molecule has 4 nitrogen and oxygen atoms in total. The Morgan fingerprint density at radius 1 is 0.952 bits per heavy atom. The molecule has 2 heterocycles. The summed E-state index contributed by atoms with van der Waals surface area (Å²) in [5, 5.41) is 11.5. The molecule has 2 aromatic heterocycles. The van der Waals surface area contributed by atoms with E-state index in [2.05, 4.69) is 27.8 Å². The van der Waals surface area contributed by atoms with Crippen LogP contribution in [0.1, 0.15) is 5.69 Å². The summed E-state index contributed by atoms with van der Waals surface area (Å²) in [4.78, 5) is 4.69. The van der Waals surface area contributed by atoms with Crippen LogP contribution in [-0.4, -0.2) is 20.0 Å². The summed E-state index contributed by atoms with van der Waals surface area (Å²) in [5.41, 5.74) is 4.11. The molecule has 0 saturated heterocycles. The zero-order valence-electron chi connectivity index (χ0n) is 11.2. The minimum atomic E-state index is 0.643. The van der Waals surface area contributed by atoms with Crippen LogP contribution >= 0.6 is 11.3 Å². The lowest BCUT2D eigenvalue weighted by Gasteiger charge is -1.99. The molecule has 2 aromatic carbocycles. The highest BCUT2D eigenvalue weighted by molar-refractivity contribution is 7.13. The van der Waals surface area contributed by atoms with Crippen molar-refractivity contribution in [1.29, 1.82) is 0 Å². The van der Waals surface area contributed by atoms with Crippen LogP contribution in [0.2, 0.25) is 0 Å². The quantitative estimate of drug-likeness (QED) is 0.579. The van der Waals surface area contributed by atoms with E-state index in [-0.39, 0.29) is 0 Å². The second-order valence-electron chi connectivity index (χ2n) is 4.75. The van der Waals surface area contributed by atoms with Crippen molar-refractivity contribution in [2.45, 2.75) is 6.54 Å². The zero-order chi connectivity index (χ0) is 14.1. The van der Waals surface area contributed by atoms with Gasteiger partial charge in [-0.15, -0.1) is 16.4 Å². The average Bonchev–Trinajstić information content (AvgIpc) is 3.17. The van der Waals surface area contributed by atoms with Gasteiger partial charge < -0.3 is 0 Å². The predicted molar refractivity (Wildman–Crippen MR) is 84.2 cm³/mol. The molecule has 0 N–H and O–H groups in total. The summed E-state index contributed by atoms with van der Waals surface area (Å²) in [7, 11) is 0. The fourth-order valence-corrected chi connectivity index (χ4v) is 3.10. The van der Waals surface area contributed by atoms with E-state index in [4.69, 9.17) is 4.98 Å². The van der Waals surface area contributed by atoms with Crippen molar-refractivity contribution >= 4 is 22.4 Å². The highest BCUT2D eigenvalue weighted by Crippen LogP contribution is 2.24. The van der Waals surface area contributed by atoms with Gasteiger partial charge in [0.15, 0.2) is 0 Å². The first kappa shape index (κ1) is 12.2. The smallest absolute Gasteiger partial charge is 0.123 e. The fraction of sp³-hybridized carbons (Fsp3) is 0.0625. The zero-order valence-corrected chi connectivity index (χ0v) is 12.0. The molecule has 0 atom stereocenters. The van der Waals surface area contributed by atoms with E-state index in [9.17, 15) is 0 Å². The van der Waals surface area contributed by atoms with E-state index in [1.54, 1.807) is 11.3 Å². The van der Waals surface area contributed by atoms with Crippen LogP contribution in [0.3, 0.4) is 0 Å². The van der Waals surface area contributed by atoms with E-state index < -0.39 is 0 Å². The summed E-state index contributed by atoms with van der Waals surface area (Å²) < 4.78 is 1.89. The molecule has 0 aliphatic heterocycles. The molecule has 4 aromatic rings. The van der Waals surface area contributed by atoms with Gasteiger partial charge in [-0.2, -0.15) is 0 Å². The molecule has 0 aliphatic carbocycles. The first-order valence-electron chi connectivity index (χ1n) is 6.68. The van der Waals surface area contributed by atoms with Crippen molar-refractivity contribution in [3.63, 3.8) is 0 Å². The van der Waals surface area contributed by atoms with E-state index in [1.165, 1.54) is 0 Å². The first-order valence-corrected chi connectivity index (χ1v) is 7.56. The summed E-state index contributed by atoms with van der Waals surface area (Å²) in [6, 6.07) is 18.2. The number of nitrogens with zero attached hydrogens (tertiary/aromatic N) is 4. The molecule has 0 radical (unpaired) electrons. The van der Waals surface area contributed by atoms with Crippen molar-refractivity contribution in [1.82, 2.24) is 20.0 Å². The van der Waals surface area contributed by atoms with Crippen LogP contribution in [0.5, 0.6) is 0 Å². The van der Waals surface area contributed by atoms with Crippen molar-refractivity contribution in [2.75, 3.05) is 0 Å². The van der Waals surface area contributed by atoms with Gasteiger partial charge in [-0.05, 0) is 12.1 Å². The number of rotatable bonds is 3. The third kappa shape index (κ3) is 2.32. The van der Waals surface area contributed by atoms with Gasteiger partial charge in [0.05, 0.1) is 17.8 Å². The summed E-state index contributed by atoms with van der Waals surface area (Å²) in [6.45, 7) is 0.643. The Morgan fingerprint density at radius 2 is 1.76 bits per heavy atom. The SMILES string of the molecule is c1ccc(-c2nc(Cn3nnc4ccccc43)cs2)cc1. The van der Waals surface area contributed by atoms with Crippen LogP contribution in [-0.2, 0) is 6.54 Å². The van der Waals surface area contributed by atoms with E-state index >= 15 is 0 Å². The molecule has 0 bridgehead atoms. The van der Waals surface area contributed by atoms with Gasteiger partial charge >= 0.3 is 0 Å². The van der Waals surface area contributed by atoms with Gasteiger partial charge in [-0.1, -0.05) is 47.7 Å². The Morgan fingerprint density at radius 3 is 2.67 bits per heavy atom. The molecule has 0 fully saturated rings. The van der Waals surface area contributed by atoms with Crippen LogP contribution in [0, 0.1) is 0 Å². The normalized spacial score (nSPS) is 11.0. The standard InChI is InChI=1S/C16H12N4S/c1-2-6-12(7-3-1)16-17-13(11-21-16)10-20-15-9-5-4-8-14(15)18-19-20/h1-9,11H,10H2. The van der Waals surface area contributed by atoms with Crippen molar-refractivity contribution < 1.29 is 0 Å². The Hall–Kier alpha value is -2.53. The second-order valence-corrected chi connectivity index (χ2v) is 5.60. The van der Waals surface area contributed by atoms with Gasteiger partial charge in [0, 0.05) is 10.9 Å². The van der Waals surface area contributed by atoms with Crippen LogP contribution in [0.4, 0.5) is 0 Å². The molecule has 0 amide bonds. The Balaban J connectivity index is 1.65. The van der Waals surface area contributed by atoms with Gasteiger partial charge in [0.2, 0.25) is 0 Å². The Kier molecular flexibility index (Phi) is 2.97. The van der Waals surface area contributed by atoms with Gasteiger partial charge in [0.1, 0.15) is 10.5 Å². The minimum Gasteiger partial charge on any atom is -0.239 e. The van der Waals surface area contributed by atoms with Gasteiger partial charge in [-0.3, -0.25) is 0 Å². The topological polar surface area (TPSA) is 43.6 Å². The first-order chi connectivity index (χ1) is 10.4. The Bertz CT molecular complexity index is 879. The number of hydrogen-bond acceptors (Lipinski definition) is 4. The lowest BCUT2D eigenvalue weighted by molar-refractivity contribution is 0.661. The van der Waals surface area contributed by atoms with E-state index in [0.29, 0.717) is 6.54 Å². The van der Waals surface area contributed by atoms with Gasteiger partial charge in [-0.25, -0.2) is 9.67 Å². The van der Waals surface area contributed by atoms with E-state index in [1.807, 2.05) is 47.1 Å². The molecule has 0 aliphatic rings. The number of benzene rings is 2. The molecular formula is C16H12N4S. The minimum absolute atomic E-state index is 0.643. The maximum absolute atomic E-state index is 4.69. The fourth-order valence-electron chi connectivity index (χ4n) is 2.28. The molecule has 0 spiro atoms. The molecule has 0 unspecified atom stereocenters. The van der Waals surface area contributed by atoms with Gasteiger partial charge in [0.25, 0.3) is 0 Å². The van der Waals surface area contributed by atoms with Crippen molar-refractivity contribution in [2.24, 2.45) is 0 Å². The highest BCUT2D eigenvalue weighted by Gasteiger charge is 2.08.